The van der Waals surface area contributed by atoms with Gasteiger partial charge in [-0.1, -0.05) is 42.7 Å². The number of hydrogen-bond acceptors (Lipinski definition) is 2. The first-order valence-corrected chi connectivity index (χ1v) is 6.93. The number of urea groups is 1. The number of aliphatic hydroxyl groups is 1. The standard InChI is InChI=1S/C15H22N2O2/c1-11-6-8-12(9-7-11)10-16-15(19)17-13-4-2-3-5-14(13)18/h6-9,13-14,18H,2-5,10H2,1H3,(H2,16,17,19). The van der Waals surface area contributed by atoms with Gasteiger partial charge in [-0.15, -0.1) is 0 Å². The highest BCUT2D eigenvalue weighted by Crippen LogP contribution is 2.18. The second-order valence-electron chi connectivity index (χ2n) is 5.27. The van der Waals surface area contributed by atoms with Crippen LogP contribution in [-0.4, -0.2) is 23.3 Å². The molecule has 1 aliphatic rings. The first kappa shape index (κ1) is 13.9. The summed E-state index contributed by atoms with van der Waals surface area (Å²) in [6.45, 7) is 2.54. The Bertz CT molecular complexity index is 417. The number of nitrogens with one attached hydrogen (secondary N) is 2. The summed E-state index contributed by atoms with van der Waals surface area (Å²) in [5, 5.41) is 15.5. The molecule has 104 valence electrons. The molecule has 4 nitrogen and oxygen atoms in total. The molecular weight excluding hydrogens is 240 g/mol. The van der Waals surface area contributed by atoms with Crippen LogP contribution < -0.4 is 10.6 Å². The summed E-state index contributed by atoms with van der Waals surface area (Å²) < 4.78 is 0. The van der Waals surface area contributed by atoms with Gasteiger partial charge in [0.1, 0.15) is 0 Å². The Hall–Kier alpha value is -1.55. The molecule has 1 aliphatic carbocycles. The molecule has 2 unspecified atom stereocenters. The van der Waals surface area contributed by atoms with Crippen LogP contribution in [0.1, 0.15) is 36.8 Å². The summed E-state index contributed by atoms with van der Waals surface area (Å²) >= 11 is 0. The zero-order valence-corrected chi connectivity index (χ0v) is 11.4. The van der Waals surface area contributed by atoms with E-state index in [1.54, 1.807) is 0 Å². The van der Waals surface area contributed by atoms with E-state index in [-0.39, 0.29) is 12.1 Å². The van der Waals surface area contributed by atoms with E-state index >= 15 is 0 Å². The second-order valence-corrected chi connectivity index (χ2v) is 5.27. The third-order valence-electron chi connectivity index (χ3n) is 3.62. The highest BCUT2D eigenvalue weighted by atomic mass is 16.3. The van der Waals surface area contributed by atoms with E-state index in [1.165, 1.54) is 5.56 Å². The molecule has 1 aromatic carbocycles. The van der Waals surface area contributed by atoms with Gasteiger partial charge in [0.05, 0.1) is 12.1 Å². The van der Waals surface area contributed by atoms with Crippen LogP contribution in [0.25, 0.3) is 0 Å². The smallest absolute Gasteiger partial charge is 0.315 e. The van der Waals surface area contributed by atoms with Crippen LogP contribution in [0.4, 0.5) is 4.79 Å². The summed E-state index contributed by atoms with van der Waals surface area (Å²) in [5.41, 5.74) is 2.28. The summed E-state index contributed by atoms with van der Waals surface area (Å²) in [5.74, 6) is 0. The maximum absolute atomic E-state index is 11.8. The summed E-state index contributed by atoms with van der Waals surface area (Å²) in [4.78, 5) is 11.8. The normalized spacial score (nSPS) is 22.8. The highest BCUT2D eigenvalue weighted by Gasteiger charge is 2.24. The molecule has 0 bridgehead atoms. The summed E-state index contributed by atoms with van der Waals surface area (Å²) in [6, 6.07) is 7.76. The van der Waals surface area contributed by atoms with Crippen LogP contribution in [0.15, 0.2) is 24.3 Å². The van der Waals surface area contributed by atoms with Crippen LogP contribution >= 0.6 is 0 Å². The number of rotatable bonds is 3. The van der Waals surface area contributed by atoms with E-state index in [1.807, 2.05) is 31.2 Å². The number of hydrogen-bond donors (Lipinski definition) is 3. The van der Waals surface area contributed by atoms with Gasteiger partial charge in [0.15, 0.2) is 0 Å². The van der Waals surface area contributed by atoms with Gasteiger partial charge in [-0.05, 0) is 25.3 Å². The SMILES string of the molecule is Cc1ccc(CNC(=O)NC2CCCCC2O)cc1. The molecule has 2 amide bonds. The van der Waals surface area contributed by atoms with Gasteiger partial charge in [0, 0.05) is 6.54 Å². The molecule has 0 aromatic heterocycles. The quantitative estimate of drug-likeness (QED) is 0.781. The monoisotopic (exact) mass is 262 g/mol. The fraction of sp³-hybridized carbons (Fsp3) is 0.533. The lowest BCUT2D eigenvalue weighted by Gasteiger charge is -2.28. The molecule has 0 aliphatic heterocycles. The first-order valence-electron chi connectivity index (χ1n) is 6.93. The van der Waals surface area contributed by atoms with Crippen molar-refractivity contribution in [2.24, 2.45) is 0 Å². The van der Waals surface area contributed by atoms with Crippen molar-refractivity contribution < 1.29 is 9.90 Å². The molecule has 0 spiro atoms. The molecule has 19 heavy (non-hydrogen) atoms. The van der Waals surface area contributed by atoms with Gasteiger partial charge in [-0.2, -0.15) is 0 Å². The molecule has 2 rings (SSSR count). The molecule has 4 heteroatoms. The molecule has 1 aromatic rings. The second kappa shape index (κ2) is 6.57. The largest absolute Gasteiger partial charge is 0.391 e. The number of carbonyl (C=O) groups excluding carboxylic acids is 1. The van der Waals surface area contributed by atoms with Crippen molar-refractivity contribution in [3.63, 3.8) is 0 Å². The van der Waals surface area contributed by atoms with E-state index in [2.05, 4.69) is 10.6 Å². The van der Waals surface area contributed by atoms with E-state index in [0.29, 0.717) is 6.54 Å². The van der Waals surface area contributed by atoms with Gasteiger partial charge in [-0.3, -0.25) is 0 Å². The topological polar surface area (TPSA) is 61.4 Å². The van der Waals surface area contributed by atoms with Gasteiger partial charge < -0.3 is 15.7 Å². The van der Waals surface area contributed by atoms with Crippen molar-refractivity contribution in [1.29, 1.82) is 0 Å². The zero-order chi connectivity index (χ0) is 13.7. The van der Waals surface area contributed by atoms with Gasteiger partial charge in [0.25, 0.3) is 0 Å². The minimum absolute atomic E-state index is 0.105. The Morgan fingerprint density at radius 2 is 1.95 bits per heavy atom. The average Bonchev–Trinajstić information content (AvgIpc) is 2.41. The average molecular weight is 262 g/mol. The van der Waals surface area contributed by atoms with Gasteiger partial charge in [0.2, 0.25) is 0 Å². The summed E-state index contributed by atoms with van der Waals surface area (Å²) in [6.07, 6.45) is 3.35. The fourth-order valence-corrected chi connectivity index (χ4v) is 2.39. The van der Waals surface area contributed by atoms with Crippen LogP contribution in [0.2, 0.25) is 0 Å². The van der Waals surface area contributed by atoms with Gasteiger partial charge in [-0.25, -0.2) is 4.79 Å². The highest BCUT2D eigenvalue weighted by molar-refractivity contribution is 5.74. The number of carbonyl (C=O) groups is 1. The van der Waals surface area contributed by atoms with Crippen LogP contribution in [-0.2, 0) is 6.54 Å². The Morgan fingerprint density at radius 1 is 1.26 bits per heavy atom. The third kappa shape index (κ3) is 4.24. The van der Waals surface area contributed by atoms with E-state index < -0.39 is 6.10 Å². The van der Waals surface area contributed by atoms with Crippen molar-refractivity contribution in [2.45, 2.75) is 51.3 Å². The van der Waals surface area contributed by atoms with E-state index in [9.17, 15) is 9.90 Å². The molecule has 0 heterocycles. The molecule has 2 atom stereocenters. The lowest BCUT2D eigenvalue weighted by Crippen LogP contribution is -2.48. The number of aliphatic hydroxyl groups excluding tert-OH is 1. The number of aryl methyl sites for hydroxylation is 1. The Labute approximate surface area is 114 Å². The minimum atomic E-state index is -0.404. The van der Waals surface area contributed by atoms with Crippen molar-refractivity contribution in [1.82, 2.24) is 10.6 Å². The van der Waals surface area contributed by atoms with Crippen LogP contribution in [0, 0.1) is 6.92 Å². The lowest BCUT2D eigenvalue weighted by atomic mass is 9.93. The third-order valence-corrected chi connectivity index (χ3v) is 3.62. The van der Waals surface area contributed by atoms with Crippen LogP contribution in [0.5, 0.6) is 0 Å². The summed E-state index contributed by atoms with van der Waals surface area (Å²) in [7, 11) is 0. The molecule has 0 radical (unpaired) electrons. The zero-order valence-electron chi connectivity index (χ0n) is 11.4. The molecule has 1 fully saturated rings. The van der Waals surface area contributed by atoms with Crippen molar-refractivity contribution in [3.05, 3.63) is 35.4 Å². The van der Waals surface area contributed by atoms with Crippen molar-refractivity contribution in [2.75, 3.05) is 0 Å². The molecular formula is C15H22N2O2. The Balaban J connectivity index is 1.76. The predicted octanol–water partition coefficient (Wildman–Crippen LogP) is 2.10. The minimum Gasteiger partial charge on any atom is -0.391 e. The predicted molar refractivity (Wildman–Crippen MR) is 74.8 cm³/mol. The number of amides is 2. The fourth-order valence-electron chi connectivity index (χ4n) is 2.39. The maximum atomic E-state index is 11.8. The van der Waals surface area contributed by atoms with Gasteiger partial charge >= 0.3 is 6.03 Å². The van der Waals surface area contributed by atoms with Crippen molar-refractivity contribution in [3.8, 4) is 0 Å². The van der Waals surface area contributed by atoms with E-state index in [0.717, 1.165) is 31.2 Å². The van der Waals surface area contributed by atoms with Crippen LogP contribution in [0.3, 0.4) is 0 Å². The Morgan fingerprint density at radius 3 is 2.63 bits per heavy atom. The molecule has 0 saturated heterocycles. The first-order chi connectivity index (χ1) is 9.15. The molecule has 3 N–H and O–H groups in total. The lowest BCUT2D eigenvalue weighted by molar-refractivity contribution is 0.0943. The molecule has 1 saturated carbocycles. The number of benzene rings is 1. The Kier molecular flexibility index (Phi) is 4.80. The van der Waals surface area contributed by atoms with Crippen molar-refractivity contribution >= 4 is 6.03 Å². The van der Waals surface area contributed by atoms with E-state index in [4.69, 9.17) is 0 Å². The maximum Gasteiger partial charge on any atom is 0.315 e.